The molecule has 1 rings (SSSR count). The molecule has 0 unspecified atom stereocenters. The molecule has 0 aromatic carbocycles. The quantitative estimate of drug-likeness (QED) is 0.300. The van der Waals surface area contributed by atoms with Gasteiger partial charge in [0.25, 0.3) is 0 Å². The molecule has 0 aromatic rings. The molecule has 0 saturated heterocycles. The Labute approximate surface area is 151 Å². The Balaban J connectivity index is 2.38. The molecule has 4 N–H and O–H groups in total. The highest BCUT2D eigenvalue weighted by Gasteiger charge is 2.39. The third-order valence-electron chi connectivity index (χ3n) is 5.25. The highest BCUT2D eigenvalue weighted by molar-refractivity contribution is 5.66. The third kappa shape index (κ3) is 8.84. The Morgan fingerprint density at radius 3 is 2.48 bits per heavy atom. The Morgan fingerprint density at radius 2 is 1.80 bits per heavy atom. The van der Waals surface area contributed by atoms with E-state index in [-0.39, 0.29) is 18.3 Å². The van der Waals surface area contributed by atoms with Gasteiger partial charge in [0.2, 0.25) is 0 Å². The summed E-state index contributed by atoms with van der Waals surface area (Å²) in [5.74, 6) is -0.833. The summed E-state index contributed by atoms with van der Waals surface area (Å²) in [6.45, 7) is 2.13. The van der Waals surface area contributed by atoms with Crippen LogP contribution < -0.4 is 0 Å². The maximum atomic E-state index is 10.5. The standard InChI is InChI=1S/C20H36O5/c1-2-3-6-9-15(21)12-13-17-16(18(22)14-19(17)23)10-7-4-5-8-11-20(24)25/h12-13,15-19,21-23H,2-11,14H2,1H3,(H,24,25)/b13-12+/t15-,16+,17-,18+,19-/m0/s1. The lowest BCUT2D eigenvalue weighted by Crippen LogP contribution is -2.21. The number of hydrogen-bond donors (Lipinski definition) is 4. The number of carboxylic acids is 1. The molecule has 1 aliphatic rings. The van der Waals surface area contributed by atoms with E-state index in [4.69, 9.17) is 5.11 Å². The molecule has 0 radical (unpaired) electrons. The van der Waals surface area contributed by atoms with Crippen LogP contribution in [-0.4, -0.2) is 44.7 Å². The zero-order chi connectivity index (χ0) is 18.7. The van der Waals surface area contributed by atoms with Crippen molar-refractivity contribution < 1.29 is 25.2 Å². The average molecular weight is 357 g/mol. The fraction of sp³-hybridized carbons (Fsp3) is 0.850. The van der Waals surface area contributed by atoms with Gasteiger partial charge >= 0.3 is 5.97 Å². The lowest BCUT2D eigenvalue weighted by atomic mass is 9.88. The molecule has 0 aliphatic heterocycles. The van der Waals surface area contributed by atoms with Crippen LogP contribution in [0, 0.1) is 11.8 Å². The zero-order valence-corrected chi connectivity index (χ0v) is 15.5. The van der Waals surface area contributed by atoms with Gasteiger partial charge in [0, 0.05) is 18.8 Å². The van der Waals surface area contributed by atoms with Crippen molar-refractivity contribution in [1.29, 1.82) is 0 Å². The normalized spacial score (nSPS) is 27.8. The first-order chi connectivity index (χ1) is 12.0. The number of aliphatic carboxylic acids is 1. The van der Waals surface area contributed by atoms with Crippen molar-refractivity contribution in [3.8, 4) is 0 Å². The highest BCUT2D eigenvalue weighted by atomic mass is 16.4. The number of carbonyl (C=O) groups is 1. The molecule has 5 atom stereocenters. The molecular formula is C20H36O5. The molecule has 0 aromatic heterocycles. The number of hydrogen-bond acceptors (Lipinski definition) is 4. The zero-order valence-electron chi connectivity index (χ0n) is 15.5. The first-order valence-electron chi connectivity index (χ1n) is 9.90. The van der Waals surface area contributed by atoms with Gasteiger partial charge in [0.15, 0.2) is 0 Å². The summed E-state index contributed by atoms with van der Waals surface area (Å²) in [6, 6.07) is 0. The molecule has 0 heterocycles. The lowest BCUT2D eigenvalue weighted by molar-refractivity contribution is -0.137. The number of aliphatic hydroxyl groups is 3. The molecule has 25 heavy (non-hydrogen) atoms. The summed E-state index contributed by atoms with van der Waals surface area (Å²) in [4.78, 5) is 10.5. The van der Waals surface area contributed by atoms with E-state index in [1.54, 1.807) is 6.08 Å². The molecule has 146 valence electrons. The van der Waals surface area contributed by atoms with E-state index in [0.717, 1.165) is 51.4 Å². The van der Waals surface area contributed by atoms with E-state index in [9.17, 15) is 20.1 Å². The van der Waals surface area contributed by atoms with Crippen LogP contribution in [0.2, 0.25) is 0 Å². The minimum absolute atomic E-state index is 0.0218. The van der Waals surface area contributed by atoms with E-state index in [1.807, 2.05) is 6.08 Å². The number of unbranched alkanes of at least 4 members (excludes halogenated alkanes) is 5. The van der Waals surface area contributed by atoms with Crippen molar-refractivity contribution in [2.24, 2.45) is 11.8 Å². The van der Waals surface area contributed by atoms with Gasteiger partial charge in [0.05, 0.1) is 18.3 Å². The second kappa shape index (κ2) is 12.4. The molecule has 1 fully saturated rings. The van der Waals surface area contributed by atoms with Crippen LogP contribution in [0.1, 0.15) is 77.6 Å². The van der Waals surface area contributed by atoms with E-state index in [0.29, 0.717) is 12.8 Å². The van der Waals surface area contributed by atoms with E-state index in [1.165, 1.54) is 0 Å². The predicted molar refractivity (Wildman–Crippen MR) is 98.2 cm³/mol. The van der Waals surface area contributed by atoms with Crippen molar-refractivity contribution in [2.45, 2.75) is 95.9 Å². The number of aliphatic hydroxyl groups excluding tert-OH is 3. The number of carboxylic acid groups (broad SMARTS) is 1. The summed E-state index contributed by atoms with van der Waals surface area (Å²) in [5.41, 5.74) is 0. The topological polar surface area (TPSA) is 98.0 Å². The van der Waals surface area contributed by atoms with Gasteiger partial charge in [-0.3, -0.25) is 4.79 Å². The summed E-state index contributed by atoms with van der Waals surface area (Å²) in [7, 11) is 0. The van der Waals surface area contributed by atoms with E-state index in [2.05, 4.69) is 6.92 Å². The fourth-order valence-electron chi connectivity index (χ4n) is 3.74. The second-order valence-electron chi connectivity index (χ2n) is 7.41. The molecule has 5 nitrogen and oxygen atoms in total. The highest BCUT2D eigenvalue weighted by Crippen LogP contribution is 2.37. The van der Waals surface area contributed by atoms with Crippen LogP contribution >= 0.6 is 0 Å². The second-order valence-corrected chi connectivity index (χ2v) is 7.41. The van der Waals surface area contributed by atoms with Crippen LogP contribution in [0.5, 0.6) is 0 Å². The maximum absolute atomic E-state index is 10.5. The van der Waals surface area contributed by atoms with Gasteiger partial charge in [-0.05, 0) is 25.2 Å². The van der Waals surface area contributed by atoms with Crippen molar-refractivity contribution in [3.05, 3.63) is 12.2 Å². The summed E-state index contributed by atoms with van der Waals surface area (Å²) >= 11 is 0. The maximum Gasteiger partial charge on any atom is 0.303 e. The van der Waals surface area contributed by atoms with Gasteiger partial charge in [-0.15, -0.1) is 0 Å². The van der Waals surface area contributed by atoms with Gasteiger partial charge in [-0.1, -0.05) is 57.6 Å². The van der Waals surface area contributed by atoms with Gasteiger partial charge in [0.1, 0.15) is 0 Å². The summed E-state index contributed by atoms with van der Waals surface area (Å²) < 4.78 is 0. The van der Waals surface area contributed by atoms with Crippen LogP contribution in [-0.2, 0) is 4.79 Å². The molecule has 0 spiro atoms. The van der Waals surface area contributed by atoms with Gasteiger partial charge in [-0.2, -0.15) is 0 Å². The van der Waals surface area contributed by atoms with Crippen LogP contribution in [0.25, 0.3) is 0 Å². The van der Waals surface area contributed by atoms with Crippen molar-refractivity contribution in [1.82, 2.24) is 0 Å². The molecule has 1 aliphatic carbocycles. The minimum Gasteiger partial charge on any atom is -0.481 e. The summed E-state index contributed by atoms with van der Waals surface area (Å²) in [6.07, 6.45) is 11.0. The van der Waals surface area contributed by atoms with Crippen molar-refractivity contribution in [2.75, 3.05) is 0 Å². The monoisotopic (exact) mass is 356 g/mol. The predicted octanol–water partition coefficient (Wildman–Crippen LogP) is 3.27. The minimum atomic E-state index is -0.753. The fourth-order valence-corrected chi connectivity index (χ4v) is 3.74. The van der Waals surface area contributed by atoms with Crippen LogP contribution in [0.15, 0.2) is 12.2 Å². The lowest BCUT2D eigenvalue weighted by Gasteiger charge is -2.21. The molecule has 0 amide bonds. The van der Waals surface area contributed by atoms with Gasteiger partial charge < -0.3 is 20.4 Å². The van der Waals surface area contributed by atoms with Crippen LogP contribution in [0.3, 0.4) is 0 Å². The van der Waals surface area contributed by atoms with Crippen molar-refractivity contribution >= 4 is 5.97 Å². The molecular weight excluding hydrogens is 320 g/mol. The first kappa shape index (κ1) is 22.1. The van der Waals surface area contributed by atoms with E-state index < -0.39 is 24.3 Å². The molecule has 1 saturated carbocycles. The van der Waals surface area contributed by atoms with E-state index >= 15 is 0 Å². The Bertz CT molecular complexity index is 396. The molecule has 5 heteroatoms. The largest absolute Gasteiger partial charge is 0.481 e. The average Bonchev–Trinajstić information content (AvgIpc) is 2.82. The Morgan fingerprint density at radius 1 is 1.08 bits per heavy atom. The summed E-state index contributed by atoms with van der Waals surface area (Å²) in [5, 5.41) is 39.0. The van der Waals surface area contributed by atoms with Crippen molar-refractivity contribution in [3.63, 3.8) is 0 Å². The molecule has 0 bridgehead atoms. The first-order valence-corrected chi connectivity index (χ1v) is 9.90. The van der Waals surface area contributed by atoms with Crippen LogP contribution in [0.4, 0.5) is 0 Å². The Hall–Kier alpha value is -0.910. The number of rotatable bonds is 13. The third-order valence-corrected chi connectivity index (χ3v) is 5.25. The smallest absolute Gasteiger partial charge is 0.303 e. The SMILES string of the molecule is CCCCC[C@H](O)/C=C/[C@H]1[C@@H](CCCCCCC(=O)O)[C@H](O)C[C@@H]1O. The Kier molecular flexibility index (Phi) is 11.0. The van der Waals surface area contributed by atoms with Gasteiger partial charge in [-0.25, -0.2) is 0 Å².